The van der Waals surface area contributed by atoms with E-state index >= 15 is 0 Å². The summed E-state index contributed by atoms with van der Waals surface area (Å²) in [5.41, 5.74) is 0. The van der Waals surface area contributed by atoms with Crippen molar-refractivity contribution in [3.63, 3.8) is 0 Å². The molecule has 0 radical (unpaired) electrons. The number of rotatable bonds is 6. The lowest BCUT2D eigenvalue weighted by atomic mass is 10.2. The van der Waals surface area contributed by atoms with Gasteiger partial charge >= 0.3 is 6.18 Å². The van der Waals surface area contributed by atoms with Crippen molar-refractivity contribution >= 4 is 0 Å². The molecule has 1 rings (SSSR count). The standard InChI is InChI=1S/C11H21F3N2O/c12-11(13,14)10-16-7-5-15(6-8-16)4-2-1-3-9-17/h17H,1-10H2. The van der Waals surface area contributed by atoms with Crippen LogP contribution in [0.15, 0.2) is 0 Å². The predicted octanol–water partition coefficient (Wildman–Crippen LogP) is 1.33. The molecule has 102 valence electrons. The first-order valence-corrected chi connectivity index (χ1v) is 6.13. The zero-order valence-corrected chi connectivity index (χ0v) is 10.0. The van der Waals surface area contributed by atoms with Gasteiger partial charge in [0, 0.05) is 32.8 Å². The maximum Gasteiger partial charge on any atom is 0.401 e. The van der Waals surface area contributed by atoms with Crippen molar-refractivity contribution in [2.45, 2.75) is 25.4 Å². The Hall–Kier alpha value is -0.330. The first-order chi connectivity index (χ1) is 8.01. The molecule has 0 aromatic carbocycles. The Balaban J connectivity index is 2.09. The molecule has 0 saturated carbocycles. The van der Waals surface area contributed by atoms with Crippen LogP contribution in [-0.4, -0.2) is 67.0 Å². The highest BCUT2D eigenvalue weighted by molar-refractivity contribution is 4.73. The van der Waals surface area contributed by atoms with E-state index < -0.39 is 12.7 Å². The van der Waals surface area contributed by atoms with Crippen molar-refractivity contribution in [1.29, 1.82) is 0 Å². The van der Waals surface area contributed by atoms with Crippen molar-refractivity contribution in [2.24, 2.45) is 0 Å². The van der Waals surface area contributed by atoms with E-state index in [1.165, 1.54) is 4.90 Å². The fraction of sp³-hybridized carbons (Fsp3) is 1.00. The quantitative estimate of drug-likeness (QED) is 0.724. The van der Waals surface area contributed by atoms with Crippen LogP contribution < -0.4 is 0 Å². The molecule has 0 amide bonds. The van der Waals surface area contributed by atoms with Crippen LogP contribution in [0.4, 0.5) is 13.2 Å². The van der Waals surface area contributed by atoms with Gasteiger partial charge in [0.15, 0.2) is 0 Å². The number of alkyl halides is 3. The molecule has 1 saturated heterocycles. The van der Waals surface area contributed by atoms with Crippen LogP contribution in [-0.2, 0) is 0 Å². The molecule has 0 aliphatic carbocycles. The van der Waals surface area contributed by atoms with Gasteiger partial charge in [0.1, 0.15) is 0 Å². The van der Waals surface area contributed by atoms with E-state index in [1.807, 2.05) is 0 Å². The number of aliphatic hydroxyl groups excluding tert-OH is 1. The van der Waals surface area contributed by atoms with Gasteiger partial charge in [0.25, 0.3) is 0 Å². The monoisotopic (exact) mass is 254 g/mol. The molecular weight excluding hydrogens is 233 g/mol. The minimum Gasteiger partial charge on any atom is -0.396 e. The molecule has 1 N–H and O–H groups in total. The molecule has 1 aliphatic rings. The highest BCUT2D eigenvalue weighted by atomic mass is 19.4. The summed E-state index contributed by atoms with van der Waals surface area (Å²) in [5, 5.41) is 8.62. The third kappa shape index (κ3) is 6.85. The summed E-state index contributed by atoms with van der Waals surface area (Å²) in [4.78, 5) is 3.66. The van der Waals surface area contributed by atoms with Crippen LogP contribution in [0.3, 0.4) is 0 Å². The number of halogens is 3. The summed E-state index contributed by atoms with van der Waals surface area (Å²) in [6.07, 6.45) is -1.27. The molecule has 0 aromatic rings. The molecular formula is C11H21F3N2O. The fourth-order valence-corrected chi connectivity index (χ4v) is 2.05. The van der Waals surface area contributed by atoms with Gasteiger partial charge < -0.3 is 10.0 Å². The number of piperazine rings is 1. The van der Waals surface area contributed by atoms with Gasteiger partial charge in [-0.25, -0.2) is 0 Å². The number of nitrogens with zero attached hydrogens (tertiary/aromatic N) is 2. The van der Waals surface area contributed by atoms with Gasteiger partial charge in [-0.1, -0.05) is 0 Å². The second-order valence-corrected chi connectivity index (χ2v) is 4.52. The third-order valence-corrected chi connectivity index (χ3v) is 3.00. The van der Waals surface area contributed by atoms with Crippen LogP contribution in [0.1, 0.15) is 19.3 Å². The zero-order valence-electron chi connectivity index (χ0n) is 10.0. The summed E-state index contributed by atoms with van der Waals surface area (Å²) in [7, 11) is 0. The van der Waals surface area contributed by atoms with Crippen molar-refractivity contribution in [3.05, 3.63) is 0 Å². The number of hydrogen-bond donors (Lipinski definition) is 1. The van der Waals surface area contributed by atoms with Gasteiger partial charge in [0.2, 0.25) is 0 Å². The van der Waals surface area contributed by atoms with Gasteiger partial charge in [0.05, 0.1) is 6.54 Å². The molecule has 17 heavy (non-hydrogen) atoms. The Morgan fingerprint density at radius 3 is 2.00 bits per heavy atom. The van der Waals surface area contributed by atoms with Crippen LogP contribution in [0.2, 0.25) is 0 Å². The summed E-state index contributed by atoms with van der Waals surface area (Å²) < 4.78 is 36.4. The maximum absolute atomic E-state index is 12.1. The Morgan fingerprint density at radius 2 is 1.47 bits per heavy atom. The van der Waals surface area contributed by atoms with Crippen molar-refractivity contribution < 1.29 is 18.3 Å². The SMILES string of the molecule is OCCCCCN1CCN(CC(F)(F)F)CC1. The van der Waals surface area contributed by atoms with Crippen molar-refractivity contribution in [1.82, 2.24) is 9.80 Å². The van der Waals surface area contributed by atoms with Crippen LogP contribution in [0, 0.1) is 0 Å². The van der Waals surface area contributed by atoms with E-state index in [1.54, 1.807) is 0 Å². The summed E-state index contributed by atoms with van der Waals surface area (Å²) in [6.45, 7) is 2.80. The average Bonchev–Trinajstić information content (AvgIpc) is 2.25. The van der Waals surface area contributed by atoms with E-state index in [2.05, 4.69) is 4.90 Å². The van der Waals surface area contributed by atoms with Crippen LogP contribution in [0.5, 0.6) is 0 Å². The largest absolute Gasteiger partial charge is 0.401 e. The first-order valence-electron chi connectivity index (χ1n) is 6.13. The van der Waals surface area contributed by atoms with Gasteiger partial charge in [-0.15, -0.1) is 0 Å². The molecule has 1 aliphatic heterocycles. The molecule has 3 nitrogen and oxygen atoms in total. The number of hydrogen-bond acceptors (Lipinski definition) is 3. The molecule has 0 spiro atoms. The molecule has 0 aromatic heterocycles. The maximum atomic E-state index is 12.1. The molecule has 0 bridgehead atoms. The minimum absolute atomic E-state index is 0.222. The molecule has 0 unspecified atom stereocenters. The molecule has 0 atom stereocenters. The van der Waals surface area contributed by atoms with Crippen molar-refractivity contribution in [2.75, 3.05) is 45.9 Å². The number of unbranched alkanes of at least 4 members (excludes halogenated alkanes) is 2. The van der Waals surface area contributed by atoms with E-state index in [0.29, 0.717) is 13.1 Å². The van der Waals surface area contributed by atoms with E-state index in [0.717, 1.165) is 38.9 Å². The topological polar surface area (TPSA) is 26.7 Å². The lowest BCUT2D eigenvalue weighted by Crippen LogP contribution is -2.49. The fourth-order valence-electron chi connectivity index (χ4n) is 2.05. The van der Waals surface area contributed by atoms with Gasteiger partial charge in [-0.3, -0.25) is 4.90 Å². The Bertz CT molecular complexity index is 203. The molecule has 6 heteroatoms. The third-order valence-electron chi connectivity index (χ3n) is 3.00. The Labute approximate surface area is 100 Å². The van der Waals surface area contributed by atoms with Gasteiger partial charge in [-0.05, 0) is 25.8 Å². The lowest BCUT2D eigenvalue weighted by Gasteiger charge is -2.34. The normalized spacial score (nSPS) is 19.8. The first kappa shape index (κ1) is 14.7. The highest BCUT2D eigenvalue weighted by Crippen LogP contribution is 2.17. The minimum atomic E-state index is -4.08. The van der Waals surface area contributed by atoms with Crippen molar-refractivity contribution in [3.8, 4) is 0 Å². The second-order valence-electron chi connectivity index (χ2n) is 4.52. The molecule has 1 fully saturated rings. The lowest BCUT2D eigenvalue weighted by molar-refractivity contribution is -0.149. The Morgan fingerprint density at radius 1 is 0.882 bits per heavy atom. The highest BCUT2D eigenvalue weighted by Gasteiger charge is 2.31. The van der Waals surface area contributed by atoms with Crippen LogP contribution >= 0.6 is 0 Å². The summed E-state index contributed by atoms with van der Waals surface area (Å²) >= 11 is 0. The smallest absolute Gasteiger partial charge is 0.396 e. The molecule has 1 heterocycles. The summed E-state index contributed by atoms with van der Waals surface area (Å²) in [6, 6.07) is 0. The van der Waals surface area contributed by atoms with E-state index in [9.17, 15) is 13.2 Å². The van der Waals surface area contributed by atoms with E-state index in [4.69, 9.17) is 5.11 Å². The van der Waals surface area contributed by atoms with E-state index in [-0.39, 0.29) is 6.61 Å². The second kappa shape index (κ2) is 7.18. The summed E-state index contributed by atoms with van der Waals surface area (Å²) in [5.74, 6) is 0. The van der Waals surface area contributed by atoms with Gasteiger partial charge in [-0.2, -0.15) is 13.2 Å². The van der Waals surface area contributed by atoms with Crippen LogP contribution in [0.25, 0.3) is 0 Å². The average molecular weight is 254 g/mol. The predicted molar refractivity (Wildman–Crippen MR) is 59.9 cm³/mol. The number of aliphatic hydroxyl groups is 1. The Kier molecular flexibility index (Phi) is 6.22. The zero-order chi connectivity index (χ0) is 12.7.